The molecule has 6 heteroatoms. The minimum atomic E-state index is -0.935. The maximum Gasteiger partial charge on any atom is 0.335 e. The first kappa shape index (κ1) is 16.8. The lowest BCUT2D eigenvalue weighted by atomic mass is 10.1. The number of carbonyl (C=O) groups is 1. The number of aromatic nitrogens is 1. The summed E-state index contributed by atoms with van der Waals surface area (Å²) in [6.45, 7) is 4.93. The van der Waals surface area contributed by atoms with Crippen LogP contribution in [0.5, 0.6) is 0 Å². The third kappa shape index (κ3) is 5.79. The number of carboxylic acids is 1. The summed E-state index contributed by atoms with van der Waals surface area (Å²) >= 11 is 1.75. The van der Waals surface area contributed by atoms with E-state index in [0.717, 1.165) is 30.2 Å². The molecule has 20 heavy (non-hydrogen) atoms. The van der Waals surface area contributed by atoms with Gasteiger partial charge in [-0.15, -0.1) is 0 Å². The Morgan fingerprint density at radius 2 is 2.15 bits per heavy atom. The first-order chi connectivity index (χ1) is 9.54. The fourth-order valence-electron chi connectivity index (χ4n) is 1.58. The van der Waals surface area contributed by atoms with Crippen LogP contribution < -0.4 is 5.32 Å². The van der Waals surface area contributed by atoms with Crippen LogP contribution >= 0.6 is 11.8 Å². The number of pyridine rings is 1. The molecule has 0 fully saturated rings. The average molecular weight is 298 g/mol. The molecule has 0 bridgehead atoms. The first-order valence-electron chi connectivity index (χ1n) is 6.72. The van der Waals surface area contributed by atoms with Crippen LogP contribution in [0.2, 0.25) is 0 Å². The van der Waals surface area contributed by atoms with Crippen LogP contribution in [0.3, 0.4) is 0 Å². The Kier molecular flexibility index (Phi) is 7.40. The van der Waals surface area contributed by atoms with E-state index in [1.54, 1.807) is 23.9 Å². The molecule has 0 aliphatic rings. The number of anilines is 1. The lowest BCUT2D eigenvalue weighted by molar-refractivity contribution is 0.0696. The molecule has 0 spiro atoms. The van der Waals surface area contributed by atoms with E-state index in [4.69, 9.17) is 10.2 Å². The van der Waals surface area contributed by atoms with Gasteiger partial charge in [0.05, 0.1) is 5.56 Å². The standard InChI is InChI=1S/C14H22N2O3S/c1-10(2)12-8-11(14(18)19)9-13(16-12)15-4-7-20-6-3-5-17/h8-10,17H,3-7H2,1-2H3,(H,15,16)(H,18,19). The molecule has 112 valence electrons. The second kappa shape index (κ2) is 8.81. The molecule has 0 aliphatic heterocycles. The monoisotopic (exact) mass is 298 g/mol. The van der Waals surface area contributed by atoms with Crippen molar-refractivity contribution in [2.24, 2.45) is 0 Å². The Morgan fingerprint density at radius 1 is 1.40 bits per heavy atom. The molecule has 5 nitrogen and oxygen atoms in total. The maximum absolute atomic E-state index is 11.1. The number of aliphatic hydroxyl groups excluding tert-OH is 1. The zero-order valence-electron chi connectivity index (χ0n) is 11.9. The van der Waals surface area contributed by atoms with E-state index < -0.39 is 5.97 Å². The van der Waals surface area contributed by atoms with E-state index in [0.29, 0.717) is 5.82 Å². The fourth-order valence-corrected chi connectivity index (χ4v) is 2.37. The molecule has 0 amide bonds. The molecule has 1 heterocycles. The number of hydrogen-bond donors (Lipinski definition) is 3. The number of carboxylic acid groups (broad SMARTS) is 1. The molecule has 0 aliphatic carbocycles. The molecule has 1 rings (SSSR count). The predicted molar refractivity (Wildman–Crippen MR) is 82.8 cm³/mol. The van der Waals surface area contributed by atoms with Crippen molar-refractivity contribution >= 4 is 23.5 Å². The van der Waals surface area contributed by atoms with Crippen LogP contribution in [-0.2, 0) is 0 Å². The summed E-state index contributed by atoms with van der Waals surface area (Å²) < 4.78 is 0. The zero-order chi connectivity index (χ0) is 15.0. The number of aliphatic hydroxyl groups is 1. The van der Waals surface area contributed by atoms with Gasteiger partial charge in [0.15, 0.2) is 0 Å². The Bertz CT molecular complexity index is 438. The van der Waals surface area contributed by atoms with Crippen molar-refractivity contribution in [1.29, 1.82) is 0 Å². The second-order valence-electron chi connectivity index (χ2n) is 4.74. The van der Waals surface area contributed by atoms with Crippen molar-refractivity contribution in [3.8, 4) is 0 Å². The summed E-state index contributed by atoms with van der Waals surface area (Å²) in [5.41, 5.74) is 1.04. The Morgan fingerprint density at radius 3 is 2.75 bits per heavy atom. The van der Waals surface area contributed by atoms with Gasteiger partial charge in [-0.25, -0.2) is 9.78 Å². The van der Waals surface area contributed by atoms with Crippen molar-refractivity contribution in [3.05, 3.63) is 23.4 Å². The van der Waals surface area contributed by atoms with Gasteiger partial charge in [0, 0.05) is 24.6 Å². The van der Waals surface area contributed by atoms with E-state index in [1.807, 2.05) is 13.8 Å². The van der Waals surface area contributed by atoms with Crippen molar-refractivity contribution < 1.29 is 15.0 Å². The number of thioether (sulfide) groups is 1. The van der Waals surface area contributed by atoms with Crippen molar-refractivity contribution in [1.82, 2.24) is 4.98 Å². The molecule has 1 aromatic heterocycles. The Labute approximate surface area is 123 Å². The summed E-state index contributed by atoms with van der Waals surface area (Å²) in [7, 11) is 0. The number of hydrogen-bond acceptors (Lipinski definition) is 5. The van der Waals surface area contributed by atoms with Gasteiger partial charge in [-0.1, -0.05) is 13.8 Å². The van der Waals surface area contributed by atoms with Gasteiger partial charge in [-0.2, -0.15) is 11.8 Å². The molecule has 0 saturated heterocycles. The molecule has 3 N–H and O–H groups in total. The third-order valence-corrected chi connectivity index (χ3v) is 3.75. The minimum absolute atomic E-state index is 0.189. The average Bonchev–Trinajstić information content (AvgIpc) is 2.42. The highest BCUT2D eigenvalue weighted by atomic mass is 32.2. The van der Waals surface area contributed by atoms with Gasteiger partial charge in [0.2, 0.25) is 0 Å². The molecule has 0 atom stereocenters. The zero-order valence-corrected chi connectivity index (χ0v) is 12.7. The van der Waals surface area contributed by atoms with Crippen molar-refractivity contribution in [2.45, 2.75) is 26.2 Å². The molecule has 1 aromatic rings. The highest BCUT2D eigenvalue weighted by Crippen LogP contribution is 2.17. The van der Waals surface area contributed by atoms with E-state index in [9.17, 15) is 4.79 Å². The summed E-state index contributed by atoms with van der Waals surface area (Å²) in [4.78, 5) is 15.5. The van der Waals surface area contributed by atoms with Gasteiger partial charge in [0.25, 0.3) is 0 Å². The van der Waals surface area contributed by atoms with E-state index in [2.05, 4.69) is 10.3 Å². The number of aromatic carboxylic acids is 1. The topological polar surface area (TPSA) is 82.5 Å². The molecular weight excluding hydrogens is 276 g/mol. The van der Waals surface area contributed by atoms with Gasteiger partial charge < -0.3 is 15.5 Å². The molecule has 0 radical (unpaired) electrons. The Hall–Kier alpha value is -1.27. The lowest BCUT2D eigenvalue weighted by Crippen LogP contribution is -2.10. The highest BCUT2D eigenvalue weighted by Gasteiger charge is 2.10. The van der Waals surface area contributed by atoms with Crippen LogP contribution in [0, 0.1) is 0 Å². The van der Waals surface area contributed by atoms with Gasteiger partial charge in [-0.3, -0.25) is 0 Å². The van der Waals surface area contributed by atoms with Crippen LogP contribution in [0.1, 0.15) is 42.2 Å². The predicted octanol–water partition coefficient (Wildman–Crippen LogP) is 2.43. The van der Waals surface area contributed by atoms with Gasteiger partial charge in [0.1, 0.15) is 5.82 Å². The van der Waals surface area contributed by atoms with Gasteiger partial charge in [-0.05, 0) is 30.2 Å². The van der Waals surface area contributed by atoms with E-state index >= 15 is 0 Å². The molecule has 0 unspecified atom stereocenters. The van der Waals surface area contributed by atoms with Crippen LogP contribution in [0.15, 0.2) is 12.1 Å². The van der Waals surface area contributed by atoms with Gasteiger partial charge >= 0.3 is 5.97 Å². The summed E-state index contributed by atoms with van der Waals surface area (Å²) in [6.07, 6.45) is 0.801. The van der Waals surface area contributed by atoms with Crippen molar-refractivity contribution in [3.63, 3.8) is 0 Å². The largest absolute Gasteiger partial charge is 0.478 e. The van der Waals surface area contributed by atoms with Crippen LogP contribution in [0.4, 0.5) is 5.82 Å². The van der Waals surface area contributed by atoms with Crippen LogP contribution in [-0.4, -0.2) is 45.8 Å². The summed E-state index contributed by atoms with van der Waals surface area (Å²) in [5.74, 6) is 1.69. The van der Waals surface area contributed by atoms with Crippen molar-refractivity contribution in [2.75, 3.05) is 30.0 Å². The number of nitrogens with one attached hydrogen (secondary N) is 1. The van der Waals surface area contributed by atoms with Crippen LogP contribution in [0.25, 0.3) is 0 Å². The molecule has 0 saturated carbocycles. The normalized spacial score (nSPS) is 10.8. The summed E-state index contributed by atoms with van der Waals surface area (Å²) in [5, 5.41) is 20.9. The molecular formula is C14H22N2O3S. The minimum Gasteiger partial charge on any atom is -0.478 e. The summed E-state index contributed by atoms with van der Waals surface area (Å²) in [6, 6.07) is 3.18. The Balaban J connectivity index is 2.58. The molecule has 0 aromatic carbocycles. The third-order valence-electron chi connectivity index (χ3n) is 2.68. The number of rotatable bonds is 9. The quantitative estimate of drug-likeness (QED) is 0.607. The lowest BCUT2D eigenvalue weighted by Gasteiger charge is -2.11. The SMILES string of the molecule is CC(C)c1cc(C(=O)O)cc(NCCSCCCO)n1. The van der Waals surface area contributed by atoms with E-state index in [1.165, 1.54) is 0 Å². The maximum atomic E-state index is 11.1. The van der Waals surface area contributed by atoms with E-state index in [-0.39, 0.29) is 18.1 Å². The smallest absolute Gasteiger partial charge is 0.335 e. The first-order valence-corrected chi connectivity index (χ1v) is 7.87. The fraction of sp³-hybridized carbons (Fsp3) is 0.571. The highest BCUT2D eigenvalue weighted by molar-refractivity contribution is 7.99. The second-order valence-corrected chi connectivity index (χ2v) is 5.97. The number of nitrogens with zero attached hydrogens (tertiary/aromatic N) is 1.